The highest BCUT2D eigenvalue weighted by atomic mass is 32.1. The van der Waals surface area contributed by atoms with Crippen LogP contribution >= 0.6 is 11.3 Å². The van der Waals surface area contributed by atoms with Gasteiger partial charge < -0.3 is 9.64 Å². The molecule has 0 radical (unpaired) electrons. The molecule has 0 fully saturated rings. The first kappa shape index (κ1) is 19.1. The minimum atomic E-state index is -0.248. The molecule has 1 N–H and O–H groups in total. The van der Waals surface area contributed by atoms with Gasteiger partial charge in [0.15, 0.2) is 5.13 Å². The second-order valence-corrected chi connectivity index (χ2v) is 7.81. The highest BCUT2D eigenvalue weighted by molar-refractivity contribution is 7.14. The third-order valence-corrected chi connectivity index (χ3v) is 5.74. The quantitative estimate of drug-likeness (QED) is 0.696. The smallest absolute Gasteiger partial charge is 0.257 e. The van der Waals surface area contributed by atoms with Crippen molar-refractivity contribution in [1.82, 2.24) is 4.98 Å². The minimum Gasteiger partial charge on any atom is -0.497 e. The maximum Gasteiger partial charge on any atom is 0.257 e. The van der Waals surface area contributed by atoms with Gasteiger partial charge in [-0.15, -0.1) is 11.3 Å². The van der Waals surface area contributed by atoms with E-state index in [-0.39, 0.29) is 24.3 Å². The Hall–Kier alpha value is -3.19. The first-order chi connectivity index (χ1) is 14.0. The number of thiazole rings is 1. The fourth-order valence-electron chi connectivity index (χ4n) is 3.54. The monoisotopic (exact) mass is 407 g/mol. The number of hydrogen-bond acceptors (Lipinski definition) is 5. The molecule has 0 bridgehead atoms. The van der Waals surface area contributed by atoms with Crippen LogP contribution in [0.5, 0.6) is 5.75 Å². The molecule has 3 aromatic rings. The number of nitrogens with one attached hydrogen (secondary N) is 1. The van der Waals surface area contributed by atoms with Crippen LogP contribution in [0.15, 0.2) is 53.9 Å². The van der Waals surface area contributed by atoms with E-state index in [1.165, 1.54) is 16.9 Å². The van der Waals surface area contributed by atoms with Crippen molar-refractivity contribution in [3.8, 4) is 5.75 Å². The zero-order valence-electron chi connectivity index (χ0n) is 16.2. The Bertz CT molecular complexity index is 1050. The largest absolute Gasteiger partial charge is 0.497 e. The summed E-state index contributed by atoms with van der Waals surface area (Å²) in [5, 5.41) is 5.08. The van der Waals surface area contributed by atoms with Crippen LogP contribution in [0, 0.1) is 0 Å². The number of carbonyl (C=O) groups excluding carboxylic acids is 2. The number of aromatic nitrogens is 1. The Balaban J connectivity index is 1.41. The first-order valence-corrected chi connectivity index (χ1v) is 10.2. The third kappa shape index (κ3) is 4.00. The SMILES string of the molecule is COc1ccc(C(=O)Nc2nc(CC(=O)N3c4ccccc4C[C@@H]3C)cs2)cc1. The van der Waals surface area contributed by atoms with Crippen LogP contribution in [0.3, 0.4) is 0 Å². The number of rotatable bonds is 5. The maximum absolute atomic E-state index is 12.9. The van der Waals surface area contributed by atoms with Crippen molar-refractivity contribution in [2.45, 2.75) is 25.8 Å². The number of para-hydroxylation sites is 1. The van der Waals surface area contributed by atoms with Crippen LogP contribution in [0.1, 0.15) is 28.5 Å². The fourth-order valence-corrected chi connectivity index (χ4v) is 4.25. The van der Waals surface area contributed by atoms with Crippen LogP contribution in [0.2, 0.25) is 0 Å². The molecule has 1 aromatic heterocycles. The molecule has 0 spiro atoms. The number of ether oxygens (including phenoxy) is 1. The molecule has 1 atom stereocenters. The summed E-state index contributed by atoms with van der Waals surface area (Å²) in [6.07, 6.45) is 1.07. The number of amides is 2. The van der Waals surface area contributed by atoms with E-state index >= 15 is 0 Å². The second-order valence-electron chi connectivity index (χ2n) is 6.95. The van der Waals surface area contributed by atoms with Gasteiger partial charge in [-0.1, -0.05) is 18.2 Å². The van der Waals surface area contributed by atoms with Gasteiger partial charge in [-0.3, -0.25) is 14.9 Å². The molecule has 4 rings (SSSR count). The maximum atomic E-state index is 12.9. The Labute approximate surface area is 173 Å². The van der Waals surface area contributed by atoms with Crippen molar-refractivity contribution in [3.05, 3.63) is 70.7 Å². The molecule has 0 aliphatic carbocycles. The lowest BCUT2D eigenvalue weighted by Crippen LogP contribution is -2.36. The van der Waals surface area contributed by atoms with Crippen molar-refractivity contribution in [1.29, 1.82) is 0 Å². The van der Waals surface area contributed by atoms with Gasteiger partial charge in [0.05, 0.1) is 19.2 Å². The average Bonchev–Trinajstić information content (AvgIpc) is 3.30. The number of hydrogen-bond donors (Lipinski definition) is 1. The molecule has 6 nitrogen and oxygen atoms in total. The van der Waals surface area contributed by atoms with Gasteiger partial charge in [0, 0.05) is 22.7 Å². The van der Waals surface area contributed by atoms with Gasteiger partial charge >= 0.3 is 0 Å². The van der Waals surface area contributed by atoms with Crippen molar-refractivity contribution >= 4 is 34.0 Å². The van der Waals surface area contributed by atoms with Crippen LogP contribution in [0.25, 0.3) is 0 Å². The van der Waals surface area contributed by atoms with Crippen molar-refractivity contribution in [3.63, 3.8) is 0 Å². The van der Waals surface area contributed by atoms with E-state index in [0.717, 1.165) is 12.1 Å². The van der Waals surface area contributed by atoms with Gasteiger partial charge in [0.2, 0.25) is 5.91 Å². The summed E-state index contributed by atoms with van der Waals surface area (Å²) in [7, 11) is 1.58. The number of nitrogens with zero attached hydrogens (tertiary/aromatic N) is 2. The molecule has 2 amide bonds. The lowest BCUT2D eigenvalue weighted by molar-refractivity contribution is -0.118. The lowest BCUT2D eigenvalue weighted by atomic mass is 10.1. The van der Waals surface area contributed by atoms with Crippen LogP contribution in [0.4, 0.5) is 10.8 Å². The lowest BCUT2D eigenvalue weighted by Gasteiger charge is -2.22. The van der Waals surface area contributed by atoms with E-state index in [1.807, 2.05) is 28.5 Å². The molecular weight excluding hydrogens is 386 g/mol. The Kier molecular flexibility index (Phi) is 5.31. The predicted molar refractivity (Wildman–Crippen MR) is 114 cm³/mol. The zero-order chi connectivity index (χ0) is 20.4. The molecule has 1 aliphatic heterocycles. The van der Waals surface area contributed by atoms with E-state index in [4.69, 9.17) is 4.74 Å². The van der Waals surface area contributed by atoms with Crippen molar-refractivity contribution in [2.24, 2.45) is 0 Å². The molecule has 2 aromatic carbocycles. The summed E-state index contributed by atoms with van der Waals surface area (Å²) in [4.78, 5) is 31.5. The Morgan fingerprint density at radius 1 is 1.21 bits per heavy atom. The molecular formula is C22H21N3O3S. The summed E-state index contributed by atoms with van der Waals surface area (Å²) in [6, 6.07) is 15.0. The summed E-state index contributed by atoms with van der Waals surface area (Å²) < 4.78 is 5.10. The molecule has 1 aliphatic rings. The topological polar surface area (TPSA) is 71.5 Å². The number of fused-ring (bicyclic) bond motifs is 1. The van der Waals surface area contributed by atoms with Crippen LogP contribution < -0.4 is 15.0 Å². The Morgan fingerprint density at radius 3 is 2.72 bits per heavy atom. The van der Waals surface area contributed by atoms with Gasteiger partial charge in [-0.2, -0.15) is 0 Å². The minimum absolute atomic E-state index is 0.0146. The average molecular weight is 407 g/mol. The summed E-state index contributed by atoms with van der Waals surface area (Å²) in [6.45, 7) is 2.06. The highest BCUT2D eigenvalue weighted by Gasteiger charge is 2.30. The zero-order valence-corrected chi connectivity index (χ0v) is 17.0. The van der Waals surface area contributed by atoms with Crippen LogP contribution in [-0.2, 0) is 17.6 Å². The first-order valence-electron chi connectivity index (χ1n) is 9.35. The molecule has 0 unspecified atom stereocenters. The van der Waals surface area contributed by atoms with Gasteiger partial charge in [0.1, 0.15) is 5.75 Å². The van der Waals surface area contributed by atoms with Crippen molar-refractivity contribution < 1.29 is 14.3 Å². The molecule has 29 heavy (non-hydrogen) atoms. The third-order valence-electron chi connectivity index (χ3n) is 4.93. The molecule has 7 heteroatoms. The molecule has 148 valence electrons. The van der Waals surface area contributed by atoms with E-state index in [0.29, 0.717) is 22.1 Å². The summed E-state index contributed by atoms with van der Waals surface area (Å²) in [5.41, 5.74) is 3.34. The van der Waals surface area contributed by atoms with E-state index in [2.05, 4.69) is 23.3 Å². The molecule has 0 saturated heterocycles. The fraction of sp³-hybridized carbons (Fsp3) is 0.227. The van der Waals surface area contributed by atoms with Gasteiger partial charge in [-0.25, -0.2) is 4.98 Å². The van der Waals surface area contributed by atoms with Crippen LogP contribution in [-0.4, -0.2) is 29.9 Å². The summed E-state index contributed by atoms with van der Waals surface area (Å²) >= 11 is 1.31. The number of carbonyl (C=O) groups is 2. The highest BCUT2D eigenvalue weighted by Crippen LogP contribution is 2.32. The second kappa shape index (κ2) is 8.05. The van der Waals surface area contributed by atoms with Gasteiger partial charge in [-0.05, 0) is 49.2 Å². The number of anilines is 2. The molecule has 2 heterocycles. The standard InChI is InChI=1S/C22H21N3O3S/c1-14-11-16-5-3-4-6-19(16)25(14)20(26)12-17-13-29-22(23-17)24-21(27)15-7-9-18(28-2)10-8-15/h3-10,13-14H,11-12H2,1-2H3,(H,23,24,27)/t14-/m0/s1. The van der Waals surface area contributed by atoms with Gasteiger partial charge in [0.25, 0.3) is 5.91 Å². The predicted octanol–water partition coefficient (Wildman–Crippen LogP) is 3.92. The number of benzene rings is 2. The van der Waals surface area contributed by atoms with E-state index in [9.17, 15) is 9.59 Å². The Morgan fingerprint density at radius 2 is 1.97 bits per heavy atom. The van der Waals surface area contributed by atoms with E-state index < -0.39 is 0 Å². The summed E-state index contributed by atoms with van der Waals surface area (Å²) in [5.74, 6) is 0.456. The van der Waals surface area contributed by atoms with Crippen molar-refractivity contribution in [2.75, 3.05) is 17.3 Å². The molecule has 0 saturated carbocycles. The van der Waals surface area contributed by atoms with E-state index in [1.54, 1.807) is 31.4 Å². The normalized spacial score (nSPS) is 15.1. The number of methoxy groups -OCH3 is 1.